The minimum absolute atomic E-state index is 0.332. The number of hydrogen-bond acceptors (Lipinski definition) is 3. The van der Waals surface area contributed by atoms with Crippen LogP contribution in [0.2, 0.25) is 0 Å². The molecule has 0 bridgehead atoms. The normalized spacial score (nSPS) is 24.9. The summed E-state index contributed by atoms with van der Waals surface area (Å²) in [6, 6.07) is 0. The van der Waals surface area contributed by atoms with Gasteiger partial charge in [-0.05, 0) is 32.1 Å². The van der Waals surface area contributed by atoms with E-state index < -0.39 is 0 Å². The predicted octanol–water partition coefficient (Wildman–Crippen LogP) is 2.14. The highest BCUT2D eigenvalue weighted by Crippen LogP contribution is 2.29. The van der Waals surface area contributed by atoms with Gasteiger partial charge >= 0.3 is 0 Å². The SMILES string of the molecule is Cc1nn(C)c(OC2CCCC(C)C2)c1CN. The van der Waals surface area contributed by atoms with Crippen molar-refractivity contribution in [2.45, 2.75) is 52.2 Å². The second-order valence-corrected chi connectivity index (χ2v) is 5.21. The Hall–Kier alpha value is -1.03. The Kier molecular flexibility index (Phi) is 3.72. The van der Waals surface area contributed by atoms with Crippen LogP contribution in [0.4, 0.5) is 0 Å². The molecule has 1 heterocycles. The molecule has 1 aromatic heterocycles. The van der Waals surface area contributed by atoms with Gasteiger partial charge in [-0.25, -0.2) is 4.68 Å². The van der Waals surface area contributed by atoms with Crippen LogP contribution in [0.5, 0.6) is 5.88 Å². The number of rotatable bonds is 3. The van der Waals surface area contributed by atoms with Gasteiger partial charge in [0.1, 0.15) is 6.10 Å². The van der Waals surface area contributed by atoms with Crippen LogP contribution in [0.15, 0.2) is 0 Å². The van der Waals surface area contributed by atoms with Crippen molar-refractivity contribution in [1.82, 2.24) is 9.78 Å². The molecule has 17 heavy (non-hydrogen) atoms. The van der Waals surface area contributed by atoms with E-state index in [0.29, 0.717) is 12.6 Å². The Morgan fingerprint density at radius 2 is 2.24 bits per heavy atom. The van der Waals surface area contributed by atoms with Crippen LogP contribution in [0, 0.1) is 12.8 Å². The van der Waals surface area contributed by atoms with Crippen LogP contribution in [0.1, 0.15) is 43.9 Å². The van der Waals surface area contributed by atoms with E-state index in [-0.39, 0.29) is 0 Å². The number of nitrogens with zero attached hydrogens (tertiary/aromatic N) is 2. The maximum absolute atomic E-state index is 6.12. The highest BCUT2D eigenvalue weighted by molar-refractivity contribution is 5.30. The largest absolute Gasteiger partial charge is 0.474 e. The van der Waals surface area contributed by atoms with Gasteiger partial charge in [-0.15, -0.1) is 0 Å². The van der Waals surface area contributed by atoms with Gasteiger partial charge in [0.15, 0.2) is 0 Å². The molecule has 4 heteroatoms. The van der Waals surface area contributed by atoms with Crippen molar-refractivity contribution < 1.29 is 4.74 Å². The van der Waals surface area contributed by atoms with Gasteiger partial charge < -0.3 is 10.5 Å². The third kappa shape index (κ3) is 2.63. The summed E-state index contributed by atoms with van der Waals surface area (Å²) in [6.07, 6.45) is 5.22. The minimum Gasteiger partial charge on any atom is -0.474 e. The molecule has 1 aliphatic carbocycles. The van der Waals surface area contributed by atoms with E-state index in [2.05, 4.69) is 12.0 Å². The van der Waals surface area contributed by atoms with Crippen molar-refractivity contribution in [2.24, 2.45) is 18.7 Å². The molecule has 1 aliphatic rings. The fraction of sp³-hybridized carbons (Fsp3) is 0.769. The quantitative estimate of drug-likeness (QED) is 0.876. The summed E-state index contributed by atoms with van der Waals surface area (Å²) in [4.78, 5) is 0. The summed E-state index contributed by atoms with van der Waals surface area (Å²) in [5, 5.41) is 4.38. The van der Waals surface area contributed by atoms with E-state index in [4.69, 9.17) is 10.5 Å². The third-order valence-corrected chi connectivity index (χ3v) is 3.66. The Morgan fingerprint density at radius 1 is 1.47 bits per heavy atom. The molecule has 2 N–H and O–H groups in total. The molecular formula is C13H23N3O. The fourth-order valence-electron chi connectivity index (χ4n) is 2.71. The lowest BCUT2D eigenvalue weighted by molar-refractivity contribution is 0.117. The molecule has 0 spiro atoms. The summed E-state index contributed by atoms with van der Waals surface area (Å²) >= 11 is 0. The van der Waals surface area contributed by atoms with Gasteiger partial charge in [0.25, 0.3) is 0 Å². The first-order valence-electron chi connectivity index (χ1n) is 6.51. The number of hydrogen-bond donors (Lipinski definition) is 1. The van der Waals surface area contributed by atoms with E-state index in [1.807, 2.05) is 18.7 Å². The molecule has 2 unspecified atom stereocenters. The van der Waals surface area contributed by atoms with Gasteiger partial charge in [-0.3, -0.25) is 0 Å². The Bertz CT molecular complexity index is 386. The van der Waals surface area contributed by atoms with Crippen molar-refractivity contribution in [3.63, 3.8) is 0 Å². The average Bonchev–Trinajstić information content (AvgIpc) is 2.53. The maximum atomic E-state index is 6.12. The van der Waals surface area contributed by atoms with Crippen LogP contribution in [0.25, 0.3) is 0 Å². The summed E-state index contributed by atoms with van der Waals surface area (Å²) in [5.74, 6) is 1.63. The third-order valence-electron chi connectivity index (χ3n) is 3.66. The van der Waals surface area contributed by atoms with E-state index >= 15 is 0 Å². The number of nitrogens with two attached hydrogens (primary N) is 1. The van der Waals surface area contributed by atoms with Crippen LogP contribution >= 0.6 is 0 Å². The Labute approximate surface area is 103 Å². The standard InChI is InChI=1S/C13H23N3O/c1-9-5-4-6-11(7-9)17-13-12(8-14)10(2)15-16(13)3/h9,11H,4-8,14H2,1-3H3. The lowest BCUT2D eigenvalue weighted by Crippen LogP contribution is -2.25. The van der Waals surface area contributed by atoms with Crippen LogP contribution in [0.3, 0.4) is 0 Å². The van der Waals surface area contributed by atoms with Gasteiger partial charge in [0.05, 0.1) is 11.3 Å². The van der Waals surface area contributed by atoms with E-state index in [1.165, 1.54) is 12.8 Å². The molecule has 0 aromatic carbocycles. The predicted molar refractivity (Wildman–Crippen MR) is 67.9 cm³/mol. The summed E-state index contributed by atoms with van der Waals surface area (Å²) in [5.41, 5.74) is 7.79. The van der Waals surface area contributed by atoms with E-state index in [0.717, 1.165) is 35.9 Å². The zero-order valence-corrected chi connectivity index (χ0v) is 11.1. The second kappa shape index (κ2) is 5.08. The first kappa shape index (κ1) is 12.4. The van der Waals surface area contributed by atoms with Gasteiger partial charge in [0, 0.05) is 13.6 Å². The molecule has 2 rings (SSSR count). The molecule has 0 aliphatic heterocycles. The summed E-state index contributed by atoms with van der Waals surface area (Å²) < 4.78 is 7.94. The molecule has 1 aromatic rings. The maximum Gasteiger partial charge on any atom is 0.216 e. The minimum atomic E-state index is 0.332. The molecule has 4 nitrogen and oxygen atoms in total. The summed E-state index contributed by atoms with van der Waals surface area (Å²) in [6.45, 7) is 4.78. The highest BCUT2D eigenvalue weighted by atomic mass is 16.5. The second-order valence-electron chi connectivity index (χ2n) is 5.21. The highest BCUT2D eigenvalue weighted by Gasteiger charge is 2.23. The van der Waals surface area contributed by atoms with Crippen molar-refractivity contribution in [1.29, 1.82) is 0 Å². The fourth-order valence-corrected chi connectivity index (χ4v) is 2.71. The number of ether oxygens (including phenoxy) is 1. The van der Waals surface area contributed by atoms with Gasteiger partial charge in [-0.2, -0.15) is 5.10 Å². The topological polar surface area (TPSA) is 53.1 Å². The lowest BCUT2D eigenvalue weighted by Gasteiger charge is -2.27. The van der Waals surface area contributed by atoms with Crippen molar-refractivity contribution in [3.8, 4) is 5.88 Å². The van der Waals surface area contributed by atoms with E-state index in [1.54, 1.807) is 0 Å². The smallest absolute Gasteiger partial charge is 0.216 e. The molecule has 0 saturated heterocycles. The van der Waals surface area contributed by atoms with Crippen LogP contribution in [-0.4, -0.2) is 15.9 Å². The molecule has 1 fully saturated rings. The molecule has 2 atom stereocenters. The summed E-state index contributed by atoms with van der Waals surface area (Å²) in [7, 11) is 1.92. The first-order chi connectivity index (χ1) is 8.11. The molecule has 1 saturated carbocycles. The van der Waals surface area contributed by atoms with Crippen molar-refractivity contribution in [2.75, 3.05) is 0 Å². The van der Waals surface area contributed by atoms with Crippen molar-refractivity contribution in [3.05, 3.63) is 11.3 Å². The number of aryl methyl sites for hydroxylation is 2. The first-order valence-corrected chi connectivity index (χ1v) is 6.51. The Balaban J connectivity index is 2.12. The number of aromatic nitrogens is 2. The molecule has 96 valence electrons. The molecular weight excluding hydrogens is 214 g/mol. The van der Waals surface area contributed by atoms with Crippen LogP contribution < -0.4 is 10.5 Å². The molecule has 0 amide bonds. The molecule has 0 radical (unpaired) electrons. The zero-order chi connectivity index (χ0) is 12.4. The van der Waals surface area contributed by atoms with E-state index in [9.17, 15) is 0 Å². The lowest BCUT2D eigenvalue weighted by atomic mass is 9.89. The van der Waals surface area contributed by atoms with Gasteiger partial charge in [-0.1, -0.05) is 13.3 Å². The van der Waals surface area contributed by atoms with Crippen LogP contribution in [-0.2, 0) is 13.6 Å². The average molecular weight is 237 g/mol. The zero-order valence-electron chi connectivity index (χ0n) is 11.1. The van der Waals surface area contributed by atoms with Gasteiger partial charge in [0.2, 0.25) is 5.88 Å². The Morgan fingerprint density at radius 3 is 2.88 bits per heavy atom. The van der Waals surface area contributed by atoms with Crippen molar-refractivity contribution >= 4 is 0 Å². The monoisotopic (exact) mass is 237 g/mol.